The van der Waals surface area contributed by atoms with Crippen molar-refractivity contribution in [3.8, 4) is 0 Å². The maximum atomic E-state index is 3.86. The molecule has 1 aromatic rings. The third-order valence-electron chi connectivity index (χ3n) is 2.01. The molecule has 1 aromatic carbocycles. The largest absolute Gasteiger partial charge is 0.306 e. The molecule has 1 N–H and O–H groups in total. The Hall–Kier alpha value is -1.08. The number of rotatable bonds is 4. The van der Waals surface area contributed by atoms with E-state index < -0.39 is 0 Å². The van der Waals surface area contributed by atoms with Gasteiger partial charge in [-0.15, -0.1) is 0 Å². The average molecular weight is 175 g/mol. The van der Waals surface area contributed by atoms with Gasteiger partial charge in [0.15, 0.2) is 0 Å². The lowest BCUT2D eigenvalue weighted by molar-refractivity contribution is 0.607. The molecule has 0 saturated heterocycles. The Morgan fingerprint density at radius 1 is 1.38 bits per heavy atom. The summed E-state index contributed by atoms with van der Waals surface area (Å²) in [6.45, 7) is 8.94. The van der Waals surface area contributed by atoms with Gasteiger partial charge < -0.3 is 5.32 Å². The van der Waals surface area contributed by atoms with Crippen LogP contribution in [-0.4, -0.2) is 6.54 Å². The zero-order valence-corrected chi connectivity index (χ0v) is 8.38. The van der Waals surface area contributed by atoms with Crippen LogP contribution < -0.4 is 5.32 Å². The highest BCUT2D eigenvalue weighted by Gasteiger charge is 2.01. The zero-order chi connectivity index (χ0) is 9.68. The molecule has 0 aliphatic rings. The second-order valence-electron chi connectivity index (χ2n) is 3.47. The van der Waals surface area contributed by atoms with Crippen LogP contribution in [0.2, 0.25) is 0 Å². The molecule has 0 aliphatic heterocycles. The summed E-state index contributed by atoms with van der Waals surface area (Å²) in [5.74, 6) is 0. The first-order chi connectivity index (χ1) is 6.20. The molecule has 70 valence electrons. The minimum atomic E-state index is 0.401. The quantitative estimate of drug-likeness (QED) is 0.694. The lowest BCUT2D eigenvalue weighted by atomic mass is 10.1. The molecule has 0 heterocycles. The van der Waals surface area contributed by atoms with Crippen LogP contribution >= 0.6 is 0 Å². The van der Waals surface area contributed by atoms with Gasteiger partial charge in [0.25, 0.3) is 0 Å². The Kier molecular flexibility index (Phi) is 3.71. The van der Waals surface area contributed by atoms with Gasteiger partial charge in [0, 0.05) is 12.6 Å². The second-order valence-corrected chi connectivity index (χ2v) is 3.47. The lowest BCUT2D eigenvalue weighted by Crippen LogP contribution is -2.20. The van der Waals surface area contributed by atoms with E-state index in [1.165, 1.54) is 11.1 Å². The van der Waals surface area contributed by atoms with Crippen molar-refractivity contribution in [2.24, 2.45) is 0 Å². The molecule has 0 radical (unpaired) electrons. The molecule has 1 heteroatoms. The highest BCUT2D eigenvalue weighted by atomic mass is 14.9. The summed E-state index contributed by atoms with van der Waals surface area (Å²) in [5.41, 5.74) is 2.49. The molecule has 0 saturated carbocycles. The summed E-state index contributed by atoms with van der Waals surface area (Å²) in [4.78, 5) is 0. The molecular formula is C12H17N. The maximum absolute atomic E-state index is 3.86. The molecule has 0 fully saturated rings. The highest BCUT2D eigenvalue weighted by molar-refractivity contribution is 5.18. The van der Waals surface area contributed by atoms with Crippen molar-refractivity contribution in [1.29, 1.82) is 0 Å². The zero-order valence-electron chi connectivity index (χ0n) is 8.38. The fourth-order valence-corrected chi connectivity index (χ4v) is 1.19. The van der Waals surface area contributed by atoms with E-state index >= 15 is 0 Å². The van der Waals surface area contributed by atoms with E-state index in [4.69, 9.17) is 0 Å². The highest BCUT2D eigenvalue weighted by Crippen LogP contribution is 2.10. The van der Waals surface area contributed by atoms with Crippen molar-refractivity contribution in [1.82, 2.24) is 5.32 Å². The van der Waals surface area contributed by atoms with Gasteiger partial charge in [-0.25, -0.2) is 0 Å². The average Bonchev–Trinajstić information content (AvgIpc) is 2.15. The number of hydrogen-bond acceptors (Lipinski definition) is 1. The van der Waals surface area contributed by atoms with E-state index in [1.54, 1.807) is 0 Å². The monoisotopic (exact) mass is 175 g/mol. The lowest BCUT2D eigenvalue weighted by Gasteiger charge is -2.13. The van der Waals surface area contributed by atoms with Crippen LogP contribution in [0.5, 0.6) is 0 Å². The van der Waals surface area contributed by atoms with E-state index in [2.05, 4.69) is 43.1 Å². The Bertz CT molecular complexity index is 264. The summed E-state index contributed by atoms with van der Waals surface area (Å²) in [6, 6.07) is 10.8. The minimum Gasteiger partial charge on any atom is -0.306 e. The van der Waals surface area contributed by atoms with Crippen molar-refractivity contribution in [2.45, 2.75) is 19.9 Å². The maximum Gasteiger partial charge on any atom is 0.0294 e. The molecule has 1 rings (SSSR count). The Labute approximate surface area is 80.5 Å². The van der Waals surface area contributed by atoms with Crippen molar-refractivity contribution in [3.63, 3.8) is 0 Å². The molecular weight excluding hydrogens is 158 g/mol. The van der Waals surface area contributed by atoms with Gasteiger partial charge in [-0.05, 0) is 19.4 Å². The van der Waals surface area contributed by atoms with Crippen LogP contribution in [0.15, 0.2) is 42.5 Å². The Morgan fingerprint density at radius 2 is 2.00 bits per heavy atom. The molecule has 0 unspecified atom stereocenters. The number of hydrogen-bond donors (Lipinski definition) is 1. The van der Waals surface area contributed by atoms with Crippen LogP contribution in [0.25, 0.3) is 0 Å². The summed E-state index contributed by atoms with van der Waals surface area (Å²) in [6.07, 6.45) is 0. The molecule has 1 nitrogen and oxygen atoms in total. The van der Waals surface area contributed by atoms with Crippen molar-refractivity contribution in [3.05, 3.63) is 48.0 Å². The predicted octanol–water partition coefficient (Wildman–Crippen LogP) is 2.91. The van der Waals surface area contributed by atoms with E-state index in [9.17, 15) is 0 Å². The number of nitrogens with one attached hydrogen (secondary N) is 1. The van der Waals surface area contributed by atoms with Gasteiger partial charge in [0.05, 0.1) is 0 Å². The van der Waals surface area contributed by atoms with Crippen LogP contribution in [-0.2, 0) is 0 Å². The topological polar surface area (TPSA) is 12.0 Å². The first kappa shape index (κ1) is 10.0. The predicted molar refractivity (Wildman–Crippen MR) is 57.7 cm³/mol. The summed E-state index contributed by atoms with van der Waals surface area (Å²) >= 11 is 0. The van der Waals surface area contributed by atoms with Gasteiger partial charge in [-0.3, -0.25) is 0 Å². The first-order valence-electron chi connectivity index (χ1n) is 4.63. The summed E-state index contributed by atoms with van der Waals surface area (Å²) in [7, 11) is 0. The van der Waals surface area contributed by atoms with Crippen molar-refractivity contribution >= 4 is 0 Å². The SMILES string of the molecule is C=C(C)CN[C@H](C)c1ccccc1. The van der Waals surface area contributed by atoms with E-state index in [0.29, 0.717) is 6.04 Å². The summed E-state index contributed by atoms with van der Waals surface area (Å²) < 4.78 is 0. The third-order valence-corrected chi connectivity index (χ3v) is 2.01. The van der Waals surface area contributed by atoms with Gasteiger partial charge in [-0.2, -0.15) is 0 Å². The van der Waals surface area contributed by atoms with Crippen LogP contribution in [0.4, 0.5) is 0 Å². The van der Waals surface area contributed by atoms with Gasteiger partial charge in [0.2, 0.25) is 0 Å². The van der Waals surface area contributed by atoms with Crippen LogP contribution in [0.1, 0.15) is 25.5 Å². The standard InChI is InChI=1S/C12H17N/c1-10(2)9-13-11(3)12-7-5-4-6-8-12/h4-8,11,13H,1,9H2,2-3H3/t11-/m1/s1. The van der Waals surface area contributed by atoms with Gasteiger partial charge >= 0.3 is 0 Å². The molecule has 1 atom stereocenters. The first-order valence-corrected chi connectivity index (χ1v) is 4.63. The third kappa shape index (κ3) is 3.43. The van der Waals surface area contributed by atoms with E-state index in [0.717, 1.165) is 6.54 Å². The molecule has 0 spiro atoms. The molecule has 0 bridgehead atoms. The normalized spacial score (nSPS) is 12.5. The Balaban J connectivity index is 2.49. The molecule has 0 amide bonds. The fraction of sp³-hybridized carbons (Fsp3) is 0.333. The van der Waals surface area contributed by atoms with Crippen molar-refractivity contribution < 1.29 is 0 Å². The summed E-state index contributed by atoms with van der Waals surface area (Å²) in [5, 5.41) is 3.40. The van der Waals surface area contributed by atoms with E-state index in [-0.39, 0.29) is 0 Å². The van der Waals surface area contributed by atoms with Crippen LogP contribution in [0.3, 0.4) is 0 Å². The smallest absolute Gasteiger partial charge is 0.0294 e. The molecule has 0 aromatic heterocycles. The van der Waals surface area contributed by atoms with E-state index in [1.807, 2.05) is 13.0 Å². The number of benzene rings is 1. The minimum absolute atomic E-state index is 0.401. The van der Waals surface area contributed by atoms with Gasteiger partial charge in [-0.1, -0.05) is 42.5 Å². The van der Waals surface area contributed by atoms with Crippen LogP contribution in [0, 0.1) is 0 Å². The fourth-order valence-electron chi connectivity index (χ4n) is 1.19. The molecule has 13 heavy (non-hydrogen) atoms. The second kappa shape index (κ2) is 4.83. The Morgan fingerprint density at radius 3 is 2.54 bits per heavy atom. The molecule has 0 aliphatic carbocycles. The van der Waals surface area contributed by atoms with Crippen molar-refractivity contribution in [2.75, 3.05) is 6.54 Å². The van der Waals surface area contributed by atoms with Gasteiger partial charge in [0.1, 0.15) is 0 Å².